The van der Waals surface area contributed by atoms with Gasteiger partial charge in [0.2, 0.25) is 0 Å². The van der Waals surface area contributed by atoms with Crippen molar-refractivity contribution in [3.05, 3.63) is 22.8 Å². The van der Waals surface area contributed by atoms with E-state index in [1.165, 1.54) is 17.0 Å². The number of hydrogen-bond donors (Lipinski definition) is 0. The van der Waals surface area contributed by atoms with E-state index in [0.717, 1.165) is 25.1 Å². The molecule has 0 fully saturated rings. The molecule has 0 aliphatic rings. The van der Waals surface area contributed by atoms with Crippen LogP contribution in [0.15, 0.2) is 0 Å². The van der Waals surface area contributed by atoms with E-state index < -0.39 is 0 Å². The average molecular weight is 234 g/mol. The van der Waals surface area contributed by atoms with Gasteiger partial charge in [-0.3, -0.25) is 0 Å². The third-order valence-corrected chi connectivity index (χ3v) is 2.98. The Kier molecular flexibility index (Phi) is 5.10. The van der Waals surface area contributed by atoms with Crippen molar-refractivity contribution in [2.45, 2.75) is 66.7 Å². The molecule has 0 spiro atoms. The highest BCUT2D eigenvalue weighted by molar-refractivity contribution is 5.29. The van der Waals surface area contributed by atoms with Crippen molar-refractivity contribution in [1.29, 1.82) is 0 Å². The summed E-state index contributed by atoms with van der Waals surface area (Å²) in [6.07, 6.45) is 3.03. The maximum atomic E-state index is 4.74. The molecular weight excluding hydrogens is 208 g/mol. The second kappa shape index (κ2) is 6.13. The molecule has 0 aliphatic heterocycles. The minimum absolute atomic E-state index is 0.488. The van der Waals surface area contributed by atoms with Gasteiger partial charge in [0.25, 0.3) is 0 Å². The van der Waals surface area contributed by atoms with Gasteiger partial charge in [-0.2, -0.15) is 0 Å². The van der Waals surface area contributed by atoms with Gasteiger partial charge >= 0.3 is 0 Å². The minimum atomic E-state index is 0.488. The Morgan fingerprint density at radius 2 is 1.59 bits per heavy atom. The van der Waals surface area contributed by atoms with E-state index in [2.05, 4.69) is 41.5 Å². The van der Waals surface area contributed by atoms with E-state index in [4.69, 9.17) is 9.97 Å². The van der Waals surface area contributed by atoms with E-state index >= 15 is 0 Å². The molecule has 0 aromatic carbocycles. The molecule has 1 heterocycles. The van der Waals surface area contributed by atoms with Crippen LogP contribution in [0.3, 0.4) is 0 Å². The summed E-state index contributed by atoms with van der Waals surface area (Å²) in [4.78, 5) is 9.44. The Balaban J connectivity index is 3.30. The van der Waals surface area contributed by atoms with Gasteiger partial charge in [-0.25, -0.2) is 9.97 Å². The molecule has 0 N–H and O–H groups in total. The van der Waals surface area contributed by atoms with E-state index in [1.54, 1.807) is 0 Å². The predicted octanol–water partition coefficient (Wildman–Crippen LogP) is 3.92. The molecular formula is C15H26N2. The molecule has 0 aliphatic carbocycles. The molecule has 17 heavy (non-hydrogen) atoms. The number of rotatable bonds is 5. The number of aromatic nitrogens is 2. The number of hydrogen-bond acceptors (Lipinski definition) is 2. The van der Waals surface area contributed by atoms with Crippen molar-refractivity contribution >= 4 is 0 Å². The van der Waals surface area contributed by atoms with Crippen molar-refractivity contribution < 1.29 is 0 Å². The lowest BCUT2D eigenvalue weighted by Gasteiger charge is -2.18. The monoisotopic (exact) mass is 234 g/mol. The lowest BCUT2D eigenvalue weighted by atomic mass is 9.94. The van der Waals surface area contributed by atoms with Crippen LogP contribution in [0.2, 0.25) is 0 Å². The summed E-state index contributed by atoms with van der Waals surface area (Å²) in [5, 5.41) is 0. The predicted molar refractivity (Wildman–Crippen MR) is 73.4 cm³/mol. The van der Waals surface area contributed by atoms with Crippen LogP contribution in [0.25, 0.3) is 0 Å². The minimum Gasteiger partial charge on any atom is -0.238 e. The second-order valence-electron chi connectivity index (χ2n) is 5.41. The second-order valence-corrected chi connectivity index (χ2v) is 5.41. The summed E-state index contributed by atoms with van der Waals surface area (Å²) >= 11 is 0. The summed E-state index contributed by atoms with van der Waals surface area (Å²) in [5.41, 5.74) is 3.92. The summed E-state index contributed by atoms with van der Waals surface area (Å²) in [6, 6.07) is 0. The zero-order valence-electron chi connectivity index (χ0n) is 12.2. The van der Waals surface area contributed by atoms with Crippen LogP contribution in [0.5, 0.6) is 0 Å². The number of aryl methyl sites for hydroxylation is 2. The molecule has 0 bridgehead atoms. The third kappa shape index (κ3) is 3.52. The van der Waals surface area contributed by atoms with Crippen LogP contribution in [0.4, 0.5) is 0 Å². The van der Waals surface area contributed by atoms with Gasteiger partial charge in [0.05, 0.1) is 5.69 Å². The molecule has 2 nitrogen and oxygen atoms in total. The van der Waals surface area contributed by atoms with Gasteiger partial charge in [-0.1, -0.05) is 41.5 Å². The molecule has 1 aromatic rings. The molecule has 2 heteroatoms. The first-order valence-electron chi connectivity index (χ1n) is 6.88. The molecule has 0 amide bonds. The molecule has 0 saturated carbocycles. The fraction of sp³-hybridized carbons (Fsp3) is 0.733. The Morgan fingerprint density at radius 3 is 2.00 bits per heavy atom. The largest absolute Gasteiger partial charge is 0.238 e. The fourth-order valence-electron chi connectivity index (χ4n) is 2.16. The average Bonchev–Trinajstić information content (AvgIpc) is 2.28. The smallest absolute Gasteiger partial charge is 0.128 e. The maximum Gasteiger partial charge on any atom is 0.128 e. The fourth-order valence-corrected chi connectivity index (χ4v) is 2.16. The van der Waals surface area contributed by atoms with Crippen molar-refractivity contribution in [1.82, 2.24) is 9.97 Å². The van der Waals surface area contributed by atoms with Crippen molar-refractivity contribution in [2.24, 2.45) is 5.92 Å². The maximum absolute atomic E-state index is 4.74. The molecule has 0 atom stereocenters. The van der Waals surface area contributed by atoms with Gasteiger partial charge in [-0.15, -0.1) is 0 Å². The first-order valence-corrected chi connectivity index (χ1v) is 6.88. The first kappa shape index (κ1) is 14.1. The van der Waals surface area contributed by atoms with Crippen molar-refractivity contribution in [3.8, 4) is 0 Å². The SMILES string of the molecule is CCc1nc(CC)c(CC(C)C)c(C(C)C)n1. The van der Waals surface area contributed by atoms with Gasteiger partial charge in [0, 0.05) is 12.1 Å². The van der Waals surface area contributed by atoms with E-state index in [-0.39, 0.29) is 0 Å². The lowest BCUT2D eigenvalue weighted by molar-refractivity contribution is 0.618. The Bertz CT molecular complexity index is 367. The molecule has 1 aromatic heterocycles. The molecule has 0 radical (unpaired) electrons. The number of nitrogens with zero attached hydrogens (tertiary/aromatic N) is 2. The van der Waals surface area contributed by atoms with Gasteiger partial charge in [0.1, 0.15) is 5.82 Å². The summed E-state index contributed by atoms with van der Waals surface area (Å²) in [6.45, 7) is 13.3. The van der Waals surface area contributed by atoms with Crippen LogP contribution in [-0.2, 0) is 19.3 Å². The van der Waals surface area contributed by atoms with Crippen LogP contribution in [-0.4, -0.2) is 9.97 Å². The highest BCUT2D eigenvalue weighted by Crippen LogP contribution is 2.23. The van der Waals surface area contributed by atoms with Crippen molar-refractivity contribution in [2.75, 3.05) is 0 Å². The van der Waals surface area contributed by atoms with Gasteiger partial charge < -0.3 is 0 Å². The van der Waals surface area contributed by atoms with Gasteiger partial charge in [-0.05, 0) is 30.2 Å². The van der Waals surface area contributed by atoms with Crippen LogP contribution in [0, 0.1) is 5.92 Å². The summed E-state index contributed by atoms with van der Waals surface area (Å²) < 4.78 is 0. The molecule has 96 valence electrons. The lowest BCUT2D eigenvalue weighted by Crippen LogP contribution is -2.12. The van der Waals surface area contributed by atoms with E-state index in [1.807, 2.05) is 0 Å². The topological polar surface area (TPSA) is 25.8 Å². The molecule has 0 unspecified atom stereocenters. The summed E-state index contributed by atoms with van der Waals surface area (Å²) in [5.74, 6) is 2.15. The normalized spacial score (nSPS) is 11.5. The van der Waals surface area contributed by atoms with Crippen molar-refractivity contribution in [3.63, 3.8) is 0 Å². The Hall–Kier alpha value is -0.920. The zero-order chi connectivity index (χ0) is 13.0. The first-order chi connectivity index (χ1) is 7.99. The van der Waals surface area contributed by atoms with Crippen LogP contribution < -0.4 is 0 Å². The molecule has 1 rings (SSSR count). The highest BCUT2D eigenvalue weighted by atomic mass is 14.9. The zero-order valence-corrected chi connectivity index (χ0v) is 12.2. The third-order valence-electron chi connectivity index (χ3n) is 2.98. The Labute approximate surface area is 106 Å². The van der Waals surface area contributed by atoms with Gasteiger partial charge in [0.15, 0.2) is 0 Å². The molecule has 0 saturated heterocycles. The van der Waals surface area contributed by atoms with E-state index in [9.17, 15) is 0 Å². The summed E-state index contributed by atoms with van der Waals surface area (Å²) in [7, 11) is 0. The quantitative estimate of drug-likeness (QED) is 0.771. The van der Waals surface area contributed by atoms with Crippen LogP contribution in [0.1, 0.15) is 70.2 Å². The highest BCUT2D eigenvalue weighted by Gasteiger charge is 2.16. The van der Waals surface area contributed by atoms with E-state index in [0.29, 0.717) is 11.8 Å². The Morgan fingerprint density at radius 1 is 0.941 bits per heavy atom. The standard InChI is InChI=1S/C15H26N2/c1-7-13-12(9-10(3)4)15(11(5)6)17-14(8-2)16-13/h10-11H,7-9H2,1-6H3. The van der Waals surface area contributed by atoms with Crippen LogP contribution >= 0.6 is 0 Å².